The van der Waals surface area contributed by atoms with Crippen molar-refractivity contribution in [1.82, 2.24) is 19.9 Å². The molecule has 2 atom stereocenters. The molecule has 0 spiro atoms. The molecule has 0 amide bonds. The van der Waals surface area contributed by atoms with Crippen molar-refractivity contribution in [2.24, 2.45) is 5.92 Å². The van der Waals surface area contributed by atoms with Crippen LogP contribution >= 0.6 is 0 Å². The van der Waals surface area contributed by atoms with E-state index in [1.54, 1.807) is 30.6 Å². The second kappa shape index (κ2) is 11.0. The minimum atomic E-state index is -4.42. The lowest BCUT2D eigenvalue weighted by Gasteiger charge is -2.13. The summed E-state index contributed by atoms with van der Waals surface area (Å²) >= 11 is 0. The second-order valence-corrected chi connectivity index (χ2v) is 9.98. The van der Waals surface area contributed by atoms with Gasteiger partial charge in [0.25, 0.3) is 0 Å². The van der Waals surface area contributed by atoms with Gasteiger partial charge in [-0.1, -0.05) is 30.3 Å². The number of aromatic amines is 1. The Kier molecular flexibility index (Phi) is 7.13. The van der Waals surface area contributed by atoms with E-state index in [0.29, 0.717) is 46.8 Å². The van der Waals surface area contributed by atoms with Crippen LogP contribution in [0.15, 0.2) is 85.2 Å². The number of nitrogens with zero attached hydrogens (tertiary/aromatic N) is 3. The largest absolute Gasteiger partial charge is 0.474 e. The van der Waals surface area contributed by atoms with Crippen molar-refractivity contribution in [3.63, 3.8) is 0 Å². The molecule has 2 aromatic carbocycles. The molecule has 0 unspecified atom stereocenters. The fraction of sp³-hybridized carbons (Fsp3) is 0.226. The highest BCUT2D eigenvalue weighted by Crippen LogP contribution is 2.33. The normalized spacial score (nSPS) is 17.0. The summed E-state index contributed by atoms with van der Waals surface area (Å²) < 4.78 is 50.6. The maximum Gasteiger partial charge on any atom is 0.416 e. The summed E-state index contributed by atoms with van der Waals surface area (Å²) in [4.78, 5) is 28.7. The van der Waals surface area contributed by atoms with E-state index in [1.165, 1.54) is 6.07 Å². The van der Waals surface area contributed by atoms with Crippen LogP contribution in [0.2, 0.25) is 0 Å². The summed E-state index contributed by atoms with van der Waals surface area (Å²) in [7, 11) is 0. The van der Waals surface area contributed by atoms with E-state index in [-0.39, 0.29) is 24.6 Å². The zero-order valence-corrected chi connectivity index (χ0v) is 21.8. The van der Waals surface area contributed by atoms with Crippen molar-refractivity contribution in [2.75, 3.05) is 0 Å². The molecule has 7 nitrogen and oxygen atoms in total. The Balaban J connectivity index is 1.05. The average molecular weight is 559 g/mol. The Labute approximate surface area is 233 Å². The molecule has 3 aromatic heterocycles. The van der Waals surface area contributed by atoms with Gasteiger partial charge in [-0.3, -0.25) is 9.78 Å². The van der Waals surface area contributed by atoms with E-state index >= 15 is 0 Å². The summed E-state index contributed by atoms with van der Waals surface area (Å²) in [5.41, 5.74) is 3.05. The highest BCUT2D eigenvalue weighted by Gasteiger charge is 2.33. The quantitative estimate of drug-likeness (QED) is 0.217. The number of pyridine rings is 2. The van der Waals surface area contributed by atoms with Crippen LogP contribution in [0.25, 0.3) is 33.7 Å². The first-order valence-corrected chi connectivity index (χ1v) is 13.2. The van der Waals surface area contributed by atoms with Crippen LogP contribution in [0, 0.1) is 5.92 Å². The molecule has 41 heavy (non-hydrogen) atoms. The Morgan fingerprint density at radius 3 is 2.46 bits per heavy atom. The number of benzene rings is 2. The van der Waals surface area contributed by atoms with Crippen molar-refractivity contribution >= 4 is 17.0 Å². The molecular weight excluding hydrogens is 533 g/mol. The number of rotatable bonds is 7. The van der Waals surface area contributed by atoms with Crippen molar-refractivity contribution in [2.45, 2.75) is 38.1 Å². The van der Waals surface area contributed by atoms with Gasteiger partial charge in [0.15, 0.2) is 0 Å². The first-order chi connectivity index (χ1) is 19.8. The molecule has 1 N–H and O–H groups in total. The van der Waals surface area contributed by atoms with Crippen molar-refractivity contribution in [3.8, 4) is 28.5 Å². The Bertz CT molecular complexity index is 1650. The highest BCUT2D eigenvalue weighted by molar-refractivity contribution is 5.80. The summed E-state index contributed by atoms with van der Waals surface area (Å²) in [5.74, 6) is 0.504. The number of nitrogens with one attached hydrogen (secondary N) is 1. The molecule has 1 aliphatic carbocycles. The smallest absolute Gasteiger partial charge is 0.416 e. The van der Waals surface area contributed by atoms with E-state index in [4.69, 9.17) is 9.47 Å². The molecule has 0 radical (unpaired) electrons. The lowest BCUT2D eigenvalue weighted by atomic mass is 10.1. The Morgan fingerprint density at radius 2 is 1.73 bits per heavy atom. The van der Waals surface area contributed by atoms with Gasteiger partial charge in [-0.15, -0.1) is 0 Å². The molecule has 1 saturated carbocycles. The van der Waals surface area contributed by atoms with Crippen LogP contribution in [-0.2, 0) is 22.3 Å². The van der Waals surface area contributed by atoms with E-state index in [0.717, 1.165) is 29.7 Å². The van der Waals surface area contributed by atoms with Gasteiger partial charge in [0, 0.05) is 29.6 Å². The standard InChI is InChI=1S/C31H25F3N4O3/c32-31(33,34)23-9-12-26-27(15-23)38-29(37-26)22-7-11-25(35-17-22)21-8-13-28(36-16-21)41-24-10-6-20(14-24)30(39)40-18-19-4-2-1-3-5-19/h1-5,7-9,11-13,15-17,20,24H,6,10,14,18H2,(H,37,38)/t20-,24+/m1/s1. The molecule has 0 aliphatic heterocycles. The van der Waals surface area contributed by atoms with E-state index in [1.807, 2.05) is 36.4 Å². The number of hydrogen-bond acceptors (Lipinski definition) is 6. The minimum absolute atomic E-state index is 0.115. The Hall–Kier alpha value is -4.73. The van der Waals surface area contributed by atoms with Crippen LogP contribution in [0.5, 0.6) is 5.88 Å². The van der Waals surface area contributed by atoms with Gasteiger partial charge >= 0.3 is 12.1 Å². The molecule has 208 valence electrons. The molecule has 0 bridgehead atoms. The molecule has 1 aliphatic rings. The fourth-order valence-electron chi connectivity index (χ4n) is 4.91. The molecule has 3 heterocycles. The summed E-state index contributed by atoms with van der Waals surface area (Å²) in [5, 5.41) is 0. The van der Waals surface area contributed by atoms with Crippen LogP contribution < -0.4 is 4.74 Å². The van der Waals surface area contributed by atoms with Gasteiger partial charge < -0.3 is 14.5 Å². The number of esters is 1. The third kappa shape index (κ3) is 6.06. The van der Waals surface area contributed by atoms with Crippen LogP contribution in [0.3, 0.4) is 0 Å². The topological polar surface area (TPSA) is 90.0 Å². The first kappa shape index (κ1) is 26.5. The zero-order chi connectivity index (χ0) is 28.4. The first-order valence-electron chi connectivity index (χ1n) is 13.2. The van der Waals surface area contributed by atoms with Crippen LogP contribution in [-0.4, -0.2) is 32.0 Å². The summed E-state index contributed by atoms with van der Waals surface area (Å²) in [6.07, 6.45) is 0.775. The van der Waals surface area contributed by atoms with Crippen molar-refractivity contribution in [1.29, 1.82) is 0 Å². The molecule has 10 heteroatoms. The number of aromatic nitrogens is 4. The zero-order valence-electron chi connectivity index (χ0n) is 21.8. The monoisotopic (exact) mass is 558 g/mol. The molecule has 0 saturated heterocycles. The van der Waals surface area contributed by atoms with E-state index < -0.39 is 11.7 Å². The summed E-state index contributed by atoms with van der Waals surface area (Å²) in [6, 6.07) is 20.2. The van der Waals surface area contributed by atoms with Gasteiger partial charge in [-0.25, -0.2) is 9.97 Å². The van der Waals surface area contributed by atoms with Gasteiger partial charge in [-0.05, 0) is 61.2 Å². The number of ether oxygens (including phenoxy) is 2. The van der Waals surface area contributed by atoms with Crippen molar-refractivity contribution < 1.29 is 27.4 Å². The van der Waals surface area contributed by atoms with Gasteiger partial charge in [-0.2, -0.15) is 13.2 Å². The number of carbonyl (C=O) groups excluding carboxylic acids is 1. The molecule has 1 fully saturated rings. The maximum absolute atomic E-state index is 13.0. The number of halogens is 3. The molecular formula is C31H25F3N4O3. The average Bonchev–Trinajstić information content (AvgIpc) is 3.63. The maximum atomic E-state index is 13.0. The lowest BCUT2D eigenvalue weighted by molar-refractivity contribution is -0.149. The van der Waals surface area contributed by atoms with Gasteiger partial charge in [0.2, 0.25) is 5.88 Å². The predicted molar refractivity (Wildman–Crippen MR) is 146 cm³/mol. The number of carbonyl (C=O) groups is 1. The number of imidazole rings is 1. The third-order valence-electron chi connectivity index (χ3n) is 7.11. The highest BCUT2D eigenvalue weighted by atomic mass is 19.4. The number of fused-ring (bicyclic) bond motifs is 1. The van der Waals surface area contributed by atoms with Crippen LogP contribution in [0.4, 0.5) is 13.2 Å². The number of hydrogen-bond donors (Lipinski definition) is 1. The lowest BCUT2D eigenvalue weighted by Crippen LogP contribution is -2.18. The molecule has 6 rings (SSSR count). The van der Waals surface area contributed by atoms with Crippen molar-refractivity contribution in [3.05, 3.63) is 96.3 Å². The predicted octanol–water partition coefficient (Wildman–Crippen LogP) is 7.00. The number of alkyl halides is 3. The van der Waals surface area contributed by atoms with E-state index in [9.17, 15) is 18.0 Å². The van der Waals surface area contributed by atoms with Gasteiger partial charge in [0.1, 0.15) is 18.5 Å². The summed E-state index contributed by atoms with van der Waals surface area (Å²) in [6.45, 7) is 0.265. The SMILES string of the molecule is O=C(OCc1ccccc1)[C@@H]1CC[C@H](Oc2ccc(-c3ccc(-c4nc5ccc(C(F)(F)F)cc5[nH]4)cn3)cn2)C1. The Morgan fingerprint density at radius 1 is 0.927 bits per heavy atom. The fourth-order valence-corrected chi connectivity index (χ4v) is 4.91. The van der Waals surface area contributed by atoms with Crippen LogP contribution in [0.1, 0.15) is 30.4 Å². The number of H-pyrrole nitrogens is 1. The van der Waals surface area contributed by atoms with E-state index in [2.05, 4.69) is 19.9 Å². The third-order valence-corrected chi connectivity index (χ3v) is 7.11. The van der Waals surface area contributed by atoms with Gasteiger partial charge in [0.05, 0.1) is 28.2 Å². The second-order valence-electron chi connectivity index (χ2n) is 9.98. The minimum Gasteiger partial charge on any atom is -0.474 e. The molecule has 5 aromatic rings.